The number of nitrogens with zero attached hydrogens (tertiary/aromatic N) is 1. The number of rotatable bonds is 4. The first kappa shape index (κ1) is 18.2. The van der Waals surface area contributed by atoms with E-state index in [0.29, 0.717) is 24.6 Å². The molecule has 25 heavy (non-hydrogen) atoms. The van der Waals surface area contributed by atoms with Crippen LogP contribution in [-0.2, 0) is 14.6 Å². The van der Waals surface area contributed by atoms with Crippen LogP contribution < -0.4 is 9.64 Å². The second kappa shape index (κ2) is 7.33. The van der Waals surface area contributed by atoms with Crippen LogP contribution in [0.25, 0.3) is 0 Å². The Morgan fingerprint density at radius 1 is 1.24 bits per heavy atom. The van der Waals surface area contributed by atoms with Crippen LogP contribution in [0.4, 0.5) is 0 Å². The van der Waals surface area contributed by atoms with Crippen LogP contribution in [0.1, 0.15) is 17.5 Å². The first-order chi connectivity index (χ1) is 11.8. The van der Waals surface area contributed by atoms with Crippen molar-refractivity contribution in [3.8, 4) is 5.75 Å². The molecule has 0 bridgehead atoms. The van der Waals surface area contributed by atoms with Gasteiger partial charge in [0.15, 0.2) is 16.4 Å². The maximum atomic E-state index is 12.4. The molecule has 7 heteroatoms. The molecule has 2 fully saturated rings. The Balaban J connectivity index is 1.46. The summed E-state index contributed by atoms with van der Waals surface area (Å²) in [7, 11) is -2.84. The van der Waals surface area contributed by atoms with Gasteiger partial charge in [0.05, 0.1) is 31.9 Å². The van der Waals surface area contributed by atoms with Gasteiger partial charge in [-0.3, -0.25) is 4.79 Å². The Morgan fingerprint density at radius 3 is 2.56 bits per heavy atom. The first-order valence-electron chi connectivity index (χ1n) is 8.87. The van der Waals surface area contributed by atoms with E-state index >= 15 is 0 Å². The molecular formula is C18H27N2O4S+. The van der Waals surface area contributed by atoms with Gasteiger partial charge in [0.1, 0.15) is 17.5 Å². The molecule has 6 nitrogen and oxygen atoms in total. The maximum Gasteiger partial charge on any atom is 0.260 e. The van der Waals surface area contributed by atoms with Gasteiger partial charge in [-0.1, -0.05) is 6.07 Å². The van der Waals surface area contributed by atoms with Crippen molar-refractivity contribution in [1.82, 2.24) is 4.90 Å². The van der Waals surface area contributed by atoms with Crippen molar-refractivity contribution in [3.63, 3.8) is 0 Å². The molecule has 2 aliphatic rings. The Morgan fingerprint density at radius 2 is 1.96 bits per heavy atom. The number of aryl methyl sites for hydroxylation is 2. The van der Waals surface area contributed by atoms with E-state index in [4.69, 9.17) is 4.74 Å². The van der Waals surface area contributed by atoms with Crippen molar-refractivity contribution in [2.24, 2.45) is 0 Å². The van der Waals surface area contributed by atoms with Gasteiger partial charge in [0, 0.05) is 6.42 Å². The minimum atomic E-state index is -2.84. The molecular weight excluding hydrogens is 340 g/mol. The lowest BCUT2D eigenvalue weighted by molar-refractivity contribution is -0.925. The monoisotopic (exact) mass is 367 g/mol. The summed E-state index contributed by atoms with van der Waals surface area (Å²) in [6.45, 7) is 7.08. The zero-order valence-electron chi connectivity index (χ0n) is 15.0. The third kappa shape index (κ3) is 4.52. The van der Waals surface area contributed by atoms with E-state index in [0.717, 1.165) is 30.8 Å². The summed E-state index contributed by atoms with van der Waals surface area (Å²) in [5.41, 5.74) is 2.35. The highest BCUT2D eigenvalue weighted by atomic mass is 32.2. The number of quaternary nitrogens is 1. The van der Waals surface area contributed by atoms with E-state index in [9.17, 15) is 13.2 Å². The predicted molar refractivity (Wildman–Crippen MR) is 95.7 cm³/mol. The van der Waals surface area contributed by atoms with Gasteiger partial charge in [0.25, 0.3) is 5.91 Å². The van der Waals surface area contributed by atoms with Crippen molar-refractivity contribution in [3.05, 3.63) is 29.3 Å². The fourth-order valence-corrected chi connectivity index (χ4v) is 5.43. The number of amides is 1. The molecule has 1 aromatic rings. The normalized spacial score (nSPS) is 23.6. The van der Waals surface area contributed by atoms with Crippen LogP contribution in [0.3, 0.4) is 0 Å². The van der Waals surface area contributed by atoms with Gasteiger partial charge < -0.3 is 14.5 Å². The lowest BCUT2D eigenvalue weighted by Gasteiger charge is -2.34. The third-order valence-corrected chi connectivity index (χ3v) is 7.18. The largest absolute Gasteiger partial charge is 0.484 e. The smallest absolute Gasteiger partial charge is 0.260 e. The van der Waals surface area contributed by atoms with E-state index in [1.807, 2.05) is 36.9 Å². The van der Waals surface area contributed by atoms with Gasteiger partial charge in [-0.05, 0) is 37.1 Å². The summed E-state index contributed by atoms with van der Waals surface area (Å²) in [6.07, 6.45) is 0.751. The summed E-state index contributed by atoms with van der Waals surface area (Å²) < 4.78 is 28.9. The minimum absolute atomic E-state index is 0.00341. The first-order valence-corrected chi connectivity index (χ1v) is 10.7. The molecule has 2 heterocycles. The quantitative estimate of drug-likeness (QED) is 0.786. The highest BCUT2D eigenvalue weighted by Crippen LogP contribution is 2.16. The Kier molecular flexibility index (Phi) is 5.34. The molecule has 1 atom stereocenters. The summed E-state index contributed by atoms with van der Waals surface area (Å²) >= 11 is 0. The number of benzene rings is 1. The lowest BCUT2D eigenvalue weighted by atomic mass is 10.1. The van der Waals surface area contributed by atoms with Gasteiger partial charge >= 0.3 is 0 Å². The number of piperazine rings is 1. The molecule has 1 N–H and O–H groups in total. The zero-order valence-corrected chi connectivity index (χ0v) is 15.8. The van der Waals surface area contributed by atoms with Crippen LogP contribution in [0.5, 0.6) is 5.75 Å². The van der Waals surface area contributed by atoms with E-state index in [1.165, 1.54) is 10.5 Å². The molecule has 2 aliphatic heterocycles. The van der Waals surface area contributed by atoms with Crippen molar-refractivity contribution < 1.29 is 22.8 Å². The molecule has 1 aromatic carbocycles. The van der Waals surface area contributed by atoms with E-state index < -0.39 is 9.84 Å². The summed E-state index contributed by atoms with van der Waals surface area (Å²) in [5, 5.41) is 0. The van der Waals surface area contributed by atoms with Crippen molar-refractivity contribution in [2.45, 2.75) is 26.3 Å². The number of carbonyl (C=O) groups excluding carboxylic acids is 1. The number of hydrogen-bond acceptors (Lipinski definition) is 4. The highest BCUT2D eigenvalue weighted by Gasteiger charge is 2.37. The van der Waals surface area contributed by atoms with Crippen molar-refractivity contribution in [2.75, 3.05) is 44.3 Å². The molecule has 0 unspecified atom stereocenters. The van der Waals surface area contributed by atoms with E-state index in [-0.39, 0.29) is 18.6 Å². The molecule has 0 aromatic heterocycles. The van der Waals surface area contributed by atoms with E-state index in [1.54, 1.807) is 0 Å². The van der Waals surface area contributed by atoms with Crippen LogP contribution >= 0.6 is 0 Å². The second-order valence-electron chi connectivity index (χ2n) is 7.17. The average molecular weight is 367 g/mol. The number of hydrogen-bond donors (Lipinski definition) is 1. The molecule has 0 radical (unpaired) electrons. The molecule has 0 saturated carbocycles. The number of ether oxygens (including phenoxy) is 1. The van der Waals surface area contributed by atoms with Crippen LogP contribution in [0.2, 0.25) is 0 Å². The minimum Gasteiger partial charge on any atom is -0.484 e. The van der Waals surface area contributed by atoms with E-state index in [2.05, 4.69) is 0 Å². The number of carbonyl (C=O) groups is 1. The number of sulfone groups is 1. The molecule has 3 rings (SSSR count). The Bertz CT molecular complexity index is 739. The average Bonchev–Trinajstić information content (AvgIpc) is 2.96. The van der Waals surface area contributed by atoms with Crippen LogP contribution in [-0.4, -0.2) is 69.6 Å². The SMILES string of the molecule is Cc1ccc(OCC(=O)N2CC[NH+]([C@@H]3CCS(=O)(=O)C3)CC2)cc1C. The zero-order chi connectivity index (χ0) is 18.0. The number of nitrogens with one attached hydrogen (secondary N) is 1. The fraction of sp³-hybridized carbons (Fsp3) is 0.611. The topological polar surface area (TPSA) is 68.1 Å². The molecule has 138 valence electrons. The molecule has 0 aliphatic carbocycles. The van der Waals surface area contributed by atoms with Gasteiger partial charge in [-0.25, -0.2) is 8.42 Å². The standard InChI is InChI=1S/C18H26N2O4S/c1-14-3-4-17(11-15(14)2)24-12-18(21)20-8-6-19(7-9-20)16-5-10-25(22,23)13-16/h3-4,11,16H,5-10,12-13H2,1-2H3/p+1/t16-/m1/s1. The maximum absolute atomic E-state index is 12.4. The summed E-state index contributed by atoms with van der Waals surface area (Å²) in [6, 6.07) is 6.03. The Hall–Kier alpha value is -1.60. The van der Waals surface area contributed by atoms with Crippen LogP contribution in [0.15, 0.2) is 18.2 Å². The summed E-state index contributed by atoms with van der Waals surface area (Å²) in [4.78, 5) is 15.5. The molecule has 1 amide bonds. The lowest BCUT2D eigenvalue weighted by Crippen LogP contribution is -3.18. The Labute approximate surface area is 149 Å². The van der Waals surface area contributed by atoms with Gasteiger partial charge in [0.2, 0.25) is 0 Å². The van der Waals surface area contributed by atoms with Gasteiger partial charge in [-0.2, -0.15) is 0 Å². The molecule has 0 spiro atoms. The second-order valence-corrected chi connectivity index (χ2v) is 9.40. The molecule has 2 saturated heterocycles. The van der Waals surface area contributed by atoms with Crippen molar-refractivity contribution in [1.29, 1.82) is 0 Å². The summed E-state index contributed by atoms with van der Waals surface area (Å²) in [5.74, 6) is 1.33. The van der Waals surface area contributed by atoms with Gasteiger partial charge in [-0.15, -0.1) is 0 Å². The fourth-order valence-electron chi connectivity index (χ4n) is 3.61. The highest BCUT2D eigenvalue weighted by molar-refractivity contribution is 7.91. The predicted octanol–water partition coefficient (Wildman–Crippen LogP) is -0.404. The third-order valence-electron chi connectivity index (χ3n) is 5.41. The van der Waals surface area contributed by atoms with Crippen LogP contribution in [0, 0.1) is 13.8 Å². The van der Waals surface area contributed by atoms with Crippen molar-refractivity contribution >= 4 is 15.7 Å².